The summed E-state index contributed by atoms with van der Waals surface area (Å²) in [5.74, 6) is 0. The van der Waals surface area contributed by atoms with Crippen molar-refractivity contribution in [3.63, 3.8) is 0 Å². The highest BCUT2D eigenvalue weighted by Gasteiger charge is 2.26. The summed E-state index contributed by atoms with van der Waals surface area (Å²) in [5, 5.41) is 0. The quantitative estimate of drug-likeness (QED) is 0.0904. The Morgan fingerprint density at radius 1 is 0.250 bits per heavy atom. The smallest absolute Gasteiger partial charge is 0.212 e. The first-order chi connectivity index (χ1) is 67.6. The van der Waals surface area contributed by atoms with Crippen molar-refractivity contribution in [1.82, 2.24) is 0 Å². The van der Waals surface area contributed by atoms with Crippen LogP contribution in [0.15, 0.2) is 359 Å². The number of pyridine rings is 7. The highest BCUT2D eigenvalue weighted by molar-refractivity contribution is 5.68. The predicted octanol–water partition coefficient (Wildman–Crippen LogP) is 25.8. The predicted molar refractivity (Wildman–Crippen MR) is 556 cm³/mol. The fraction of sp³-hybridized carbons (Fsp3) is 0.260. The van der Waals surface area contributed by atoms with Gasteiger partial charge in [-0.05, 0) is 271 Å². The Kier molecular flexibility index (Phi) is 32.2. The Morgan fingerprint density at radius 3 is 0.992 bits per heavy atom. The van der Waals surface area contributed by atoms with Crippen molar-refractivity contribution in [3.8, 4) is 78.8 Å². The van der Waals surface area contributed by atoms with Crippen molar-refractivity contribution in [2.45, 2.75) is 169 Å². The largest absolute Gasteiger partial charge is 0.326 e. The van der Waals surface area contributed by atoms with Gasteiger partial charge in [0, 0.05) is 161 Å². The zero-order valence-electron chi connectivity index (χ0n) is 93.3. The number of benzene rings is 9. The lowest BCUT2D eigenvalue weighted by molar-refractivity contribution is -0.661. The van der Waals surface area contributed by atoms with Gasteiger partial charge in [0.1, 0.15) is 55.5 Å². The van der Waals surface area contributed by atoms with Gasteiger partial charge in [-0.15, -0.1) is 0 Å². The van der Waals surface area contributed by atoms with Crippen LogP contribution in [0.1, 0.15) is 159 Å². The molecule has 0 fully saturated rings. The lowest BCUT2D eigenvalue weighted by Gasteiger charge is -2.30. The van der Waals surface area contributed by atoms with Gasteiger partial charge in [0.05, 0.1) is 0 Å². The van der Waals surface area contributed by atoms with E-state index in [1.54, 1.807) is 44.6 Å². The summed E-state index contributed by atoms with van der Waals surface area (Å²) in [5.41, 5.74) is 35.1. The van der Waals surface area contributed by atoms with Crippen molar-refractivity contribution in [1.29, 1.82) is 0 Å². The van der Waals surface area contributed by atoms with E-state index < -0.39 is 32.3 Å². The van der Waals surface area contributed by atoms with E-state index in [4.69, 9.17) is 15.1 Å². The minimum atomic E-state index is -2.36. The zero-order chi connectivity index (χ0) is 105. The number of rotatable bonds is 16. The highest BCUT2D eigenvalue weighted by atomic mass is 15.4. The van der Waals surface area contributed by atoms with Crippen LogP contribution in [0.2, 0.25) is 0 Å². The summed E-state index contributed by atoms with van der Waals surface area (Å²) in [4.78, 5) is 4.59. The van der Waals surface area contributed by atoms with Crippen LogP contribution in [0.4, 0.5) is 11.4 Å². The molecule has 16 aromatic rings. The van der Waals surface area contributed by atoms with Crippen molar-refractivity contribution in [2.24, 2.45) is 49.3 Å². The van der Waals surface area contributed by atoms with E-state index in [0.717, 1.165) is 75.4 Å². The lowest BCUT2D eigenvalue weighted by Crippen LogP contribution is -2.36. The molecule has 132 heavy (non-hydrogen) atoms. The monoisotopic (exact) mass is 1760 g/mol. The lowest BCUT2D eigenvalue weighted by atomic mass is 10.0. The summed E-state index contributed by atoms with van der Waals surface area (Å²) in [7, 11) is 14.1. The van der Waals surface area contributed by atoms with Gasteiger partial charge in [-0.2, -0.15) is 0 Å². The minimum absolute atomic E-state index is 0.0661. The van der Waals surface area contributed by atoms with Crippen molar-refractivity contribution < 1.29 is 47.0 Å². The molecule has 0 aliphatic carbocycles. The minimum Gasteiger partial charge on any atom is -0.326 e. The van der Waals surface area contributed by atoms with E-state index in [2.05, 4.69) is 337 Å². The van der Waals surface area contributed by atoms with Crippen LogP contribution in [-0.2, 0) is 94.1 Å². The standard InChI is InChI=1S/C17H18N2.C16H20N.6C15H18N/c1-14-8-6-7-11-17(14)19-13-12-18(15(19)2)16-9-4-3-5-10-16;1-5-14-11-17(4)16(10-13(14)3)15-9-7-6-8-12(15)2;2*1-4-13-8-9-14(12(2)11-13)15-7-5-6-10-16(15)3;2*1-4-13-9-10-16(3)15(11-13)14-8-6-5-7-12(14)2;2*1-4-13-9-10-15(16(3)11-13)14-8-6-5-7-12(14)2/h3-13,15H,1-2H3;6-11H,5H2,1-4H3;6*5-11H,4H2,1-3H3/q;7*+1/i;3D3,5D2;4D2;;4D2;;4D2;. The maximum atomic E-state index is 7.91. The second kappa shape index (κ2) is 50.0. The van der Waals surface area contributed by atoms with Crippen LogP contribution in [0.3, 0.4) is 0 Å². The summed E-state index contributed by atoms with van der Waals surface area (Å²) in [6.45, 7) is 29.4. The fourth-order valence-electron chi connectivity index (χ4n) is 16.2. The van der Waals surface area contributed by atoms with Crippen LogP contribution < -0.4 is 41.8 Å². The molecule has 7 aromatic heterocycles. The molecule has 8 heterocycles. The third kappa shape index (κ3) is 27.0. The van der Waals surface area contributed by atoms with E-state index >= 15 is 0 Å². The Morgan fingerprint density at radius 2 is 0.576 bits per heavy atom. The van der Waals surface area contributed by atoms with E-state index in [0.29, 0.717) is 17.3 Å². The first-order valence-corrected chi connectivity index (χ1v) is 45.9. The molecule has 1 aliphatic heterocycles. The van der Waals surface area contributed by atoms with E-state index in [9.17, 15) is 0 Å². The average molecular weight is 1760 g/mol. The number of aryl methyl sites for hydroxylation is 23. The first-order valence-electron chi connectivity index (χ1n) is 51.4. The van der Waals surface area contributed by atoms with Gasteiger partial charge >= 0.3 is 0 Å². The maximum Gasteiger partial charge on any atom is 0.212 e. The zero-order valence-corrected chi connectivity index (χ0v) is 82.3. The molecule has 9 heteroatoms. The molecule has 676 valence electrons. The molecule has 9 aromatic carbocycles. The van der Waals surface area contributed by atoms with Gasteiger partial charge in [-0.1, -0.05) is 200 Å². The number of nitrogens with zero attached hydrogens (tertiary/aromatic N) is 9. The van der Waals surface area contributed by atoms with Crippen LogP contribution in [0.25, 0.3) is 78.8 Å². The molecular formula is C123H146N9+7. The summed E-state index contributed by atoms with van der Waals surface area (Å²) < 4.78 is 100. The van der Waals surface area contributed by atoms with E-state index in [1.807, 2.05) is 172 Å². The van der Waals surface area contributed by atoms with Gasteiger partial charge < -0.3 is 9.80 Å². The van der Waals surface area contributed by atoms with Crippen molar-refractivity contribution in [2.75, 3.05) is 9.80 Å². The molecule has 1 aliphatic rings. The number of aromatic nitrogens is 7. The van der Waals surface area contributed by atoms with E-state index in [1.165, 1.54) is 108 Å². The van der Waals surface area contributed by atoms with Crippen LogP contribution in [0, 0.1) is 62.2 Å². The number of hydrogen-bond donors (Lipinski definition) is 0. The van der Waals surface area contributed by atoms with E-state index in [-0.39, 0.29) is 11.1 Å². The maximum absolute atomic E-state index is 7.91. The second-order valence-corrected chi connectivity index (χ2v) is 33.6. The number of hydrogen-bond acceptors (Lipinski definition) is 2. The SMILES string of the molecule is CCc1cc[n+](C)c(-c2ccccc2C)c1.CCc1ccc(-c2cccc[n+]2C)c(C)c1.CCc1ccc(-c2ccccc2C)[n+](C)c1.Cc1ccccc1N1C=CN(c2ccccc2)C1C.[2H]C([2H])(C)c1cc[n+](C)c(-c2ccccc2C)c1.[2H]C([2H])(C)c1ccc(-c2cccc[n+]2C)c(C)c1.[2H]C([2H])(C)c1ccc(-c2ccccc2C)[n+](C)c1.[2H]C([2H])([2H])c1cc(-c2ccccc2C)[n+](C)cc1C([2H])([2H])C. The third-order valence-electron chi connectivity index (χ3n) is 24.3. The molecule has 0 bridgehead atoms. The first kappa shape index (κ1) is 85.2. The van der Waals surface area contributed by atoms with Gasteiger partial charge in [-0.25, -0.2) is 32.0 Å². The molecule has 0 amide bonds. The van der Waals surface area contributed by atoms with Gasteiger partial charge in [0.2, 0.25) is 39.9 Å². The number of anilines is 2. The summed E-state index contributed by atoms with van der Waals surface area (Å²) in [6, 6.07) is 103. The summed E-state index contributed by atoms with van der Waals surface area (Å²) >= 11 is 0. The second-order valence-electron chi connectivity index (χ2n) is 33.6. The molecule has 0 N–H and O–H groups in total. The Hall–Kier alpha value is -13.6. The molecule has 0 spiro atoms. The molecule has 0 saturated heterocycles. The van der Waals surface area contributed by atoms with Crippen molar-refractivity contribution >= 4 is 11.4 Å². The number of para-hydroxylation sites is 2. The van der Waals surface area contributed by atoms with Crippen LogP contribution >= 0.6 is 0 Å². The average Bonchev–Trinajstić information content (AvgIpc) is 0.996. The molecule has 0 radical (unpaired) electrons. The Bertz CT molecular complexity index is 6810. The van der Waals surface area contributed by atoms with Gasteiger partial charge in [-0.3, -0.25) is 0 Å². The van der Waals surface area contributed by atoms with Gasteiger partial charge in [0.15, 0.2) is 43.4 Å². The Labute approximate surface area is 808 Å². The van der Waals surface area contributed by atoms with Crippen LogP contribution in [0.5, 0.6) is 0 Å². The fourth-order valence-corrected chi connectivity index (χ4v) is 16.2. The Balaban J connectivity index is 0.000000168. The molecule has 17 rings (SSSR count). The van der Waals surface area contributed by atoms with Gasteiger partial charge in [0.25, 0.3) is 0 Å². The summed E-state index contributed by atoms with van der Waals surface area (Å²) in [6.07, 6.45) is 16.1. The molecule has 1 unspecified atom stereocenters. The molecule has 0 saturated carbocycles. The van der Waals surface area contributed by atoms with Crippen molar-refractivity contribution in [3.05, 3.63) is 448 Å². The highest BCUT2D eigenvalue weighted by Crippen LogP contribution is 2.33. The van der Waals surface area contributed by atoms with Crippen LogP contribution in [-0.4, -0.2) is 6.17 Å². The third-order valence-corrected chi connectivity index (χ3v) is 24.3. The molecule has 9 nitrogen and oxygen atoms in total. The topological polar surface area (TPSA) is 33.6 Å². The normalized spacial score (nSPS) is 13.3. The molecule has 1 atom stereocenters. The molecular weight excluding hydrogens is 1600 g/mol.